The van der Waals surface area contributed by atoms with E-state index in [-0.39, 0.29) is 37.1 Å². The quantitative estimate of drug-likeness (QED) is 0.612. The summed E-state index contributed by atoms with van der Waals surface area (Å²) in [5.74, 6) is 0.441. The van der Waals surface area contributed by atoms with E-state index in [1.165, 1.54) is 0 Å². The fourth-order valence-electron chi connectivity index (χ4n) is 4.85. The summed E-state index contributed by atoms with van der Waals surface area (Å²) in [5.41, 5.74) is 1.05. The fraction of sp³-hybridized carbons (Fsp3) is 0.375. The second kappa shape index (κ2) is 9.42. The van der Waals surface area contributed by atoms with Crippen molar-refractivity contribution in [2.45, 2.75) is 50.2 Å². The van der Waals surface area contributed by atoms with Gasteiger partial charge in [0, 0.05) is 28.5 Å². The predicted molar refractivity (Wildman–Crippen MR) is 126 cm³/mol. The summed E-state index contributed by atoms with van der Waals surface area (Å²) in [6.07, 6.45) is 3.32. The SMILES string of the molecule is O=C(C[C@@H]1C(=O)N[C@H]2CCCC[C@H]2N1C(=O)Nc1cccc(Cl)c1)Nc1ccc2c(c1)OCO2. The lowest BCUT2D eigenvalue weighted by Gasteiger charge is -2.47. The Bertz CT molecular complexity index is 1130. The number of benzene rings is 2. The number of rotatable bonds is 4. The molecule has 0 spiro atoms. The molecule has 2 aromatic rings. The first-order chi connectivity index (χ1) is 16.5. The number of amides is 4. The first-order valence-corrected chi connectivity index (χ1v) is 11.7. The molecule has 9 nitrogen and oxygen atoms in total. The summed E-state index contributed by atoms with van der Waals surface area (Å²) < 4.78 is 10.6. The zero-order valence-corrected chi connectivity index (χ0v) is 19.1. The summed E-state index contributed by atoms with van der Waals surface area (Å²) in [5, 5.41) is 9.17. The fourth-order valence-corrected chi connectivity index (χ4v) is 5.04. The zero-order valence-electron chi connectivity index (χ0n) is 18.4. The van der Waals surface area contributed by atoms with Crippen molar-refractivity contribution in [3.05, 3.63) is 47.5 Å². The van der Waals surface area contributed by atoms with E-state index in [2.05, 4.69) is 16.0 Å². The van der Waals surface area contributed by atoms with Gasteiger partial charge in [-0.15, -0.1) is 0 Å². The molecule has 0 bridgehead atoms. The van der Waals surface area contributed by atoms with E-state index in [9.17, 15) is 14.4 Å². The molecule has 5 rings (SSSR count). The molecular weight excluding hydrogens is 460 g/mol. The highest BCUT2D eigenvalue weighted by molar-refractivity contribution is 6.30. The van der Waals surface area contributed by atoms with Gasteiger partial charge in [0.25, 0.3) is 0 Å². The number of carbonyl (C=O) groups is 3. The standard InChI is InChI=1S/C24H25ClN4O5/c25-14-4-3-5-15(10-14)27-24(32)29-18-7-2-1-6-17(18)28-23(31)19(29)12-22(30)26-16-8-9-20-21(11-16)34-13-33-20/h3-5,8-11,17-19H,1-2,6-7,12-13H2,(H,26,30)(H,27,32)(H,28,31)/t17-,18+,19+/m0/s1. The van der Waals surface area contributed by atoms with Gasteiger partial charge < -0.3 is 30.3 Å². The van der Waals surface area contributed by atoms with Crippen molar-refractivity contribution >= 4 is 40.8 Å². The highest BCUT2D eigenvalue weighted by Crippen LogP contribution is 2.35. The van der Waals surface area contributed by atoms with Crippen LogP contribution in [0.1, 0.15) is 32.1 Å². The summed E-state index contributed by atoms with van der Waals surface area (Å²) in [6, 6.07) is 10.2. The minimum atomic E-state index is -0.937. The van der Waals surface area contributed by atoms with Crippen LogP contribution in [0.3, 0.4) is 0 Å². The number of hydrogen-bond donors (Lipinski definition) is 3. The van der Waals surface area contributed by atoms with Gasteiger partial charge in [-0.2, -0.15) is 0 Å². The van der Waals surface area contributed by atoms with Gasteiger partial charge in [-0.1, -0.05) is 30.5 Å². The van der Waals surface area contributed by atoms with Gasteiger partial charge in [-0.3, -0.25) is 9.59 Å². The molecule has 10 heteroatoms. The summed E-state index contributed by atoms with van der Waals surface area (Å²) in [7, 11) is 0. The summed E-state index contributed by atoms with van der Waals surface area (Å²) in [4.78, 5) is 40.9. The Morgan fingerprint density at radius 3 is 2.68 bits per heavy atom. The van der Waals surface area contributed by atoms with E-state index < -0.39 is 12.1 Å². The van der Waals surface area contributed by atoms with E-state index in [0.717, 1.165) is 25.7 Å². The maximum Gasteiger partial charge on any atom is 0.322 e. The molecule has 34 heavy (non-hydrogen) atoms. The number of fused-ring (bicyclic) bond motifs is 2. The third-order valence-corrected chi connectivity index (χ3v) is 6.63. The largest absolute Gasteiger partial charge is 0.454 e. The molecule has 1 saturated carbocycles. The first kappa shape index (κ1) is 22.3. The highest BCUT2D eigenvalue weighted by Gasteiger charge is 2.46. The minimum absolute atomic E-state index is 0.125. The van der Waals surface area contributed by atoms with Crippen molar-refractivity contribution in [2.75, 3.05) is 17.4 Å². The third kappa shape index (κ3) is 4.61. The van der Waals surface area contributed by atoms with Crippen LogP contribution in [0.5, 0.6) is 11.5 Å². The van der Waals surface area contributed by atoms with Gasteiger partial charge in [0.15, 0.2) is 11.5 Å². The number of piperazine rings is 1. The maximum absolute atomic E-state index is 13.4. The number of nitrogens with zero attached hydrogens (tertiary/aromatic N) is 1. The Morgan fingerprint density at radius 2 is 1.82 bits per heavy atom. The van der Waals surface area contributed by atoms with Crippen molar-refractivity contribution in [2.24, 2.45) is 0 Å². The number of anilines is 2. The average Bonchev–Trinajstić information content (AvgIpc) is 3.27. The lowest BCUT2D eigenvalue weighted by molar-refractivity contribution is -0.135. The van der Waals surface area contributed by atoms with Crippen LogP contribution in [-0.4, -0.2) is 47.7 Å². The van der Waals surface area contributed by atoms with Gasteiger partial charge in [0.05, 0.1) is 12.5 Å². The second-order valence-corrected chi connectivity index (χ2v) is 9.09. The van der Waals surface area contributed by atoms with Crippen LogP contribution in [0.25, 0.3) is 0 Å². The average molecular weight is 485 g/mol. The van der Waals surface area contributed by atoms with Gasteiger partial charge in [0.2, 0.25) is 18.6 Å². The number of nitrogens with one attached hydrogen (secondary N) is 3. The van der Waals surface area contributed by atoms with Crippen molar-refractivity contribution < 1.29 is 23.9 Å². The van der Waals surface area contributed by atoms with Crippen molar-refractivity contribution in [1.29, 1.82) is 0 Å². The summed E-state index contributed by atoms with van der Waals surface area (Å²) >= 11 is 6.06. The number of carbonyl (C=O) groups excluding carboxylic acids is 3. The van der Waals surface area contributed by atoms with Gasteiger partial charge in [-0.05, 0) is 43.2 Å². The Hall–Kier alpha value is -3.46. The van der Waals surface area contributed by atoms with Gasteiger partial charge in [0.1, 0.15) is 6.04 Å². The molecule has 0 aromatic heterocycles. The topological polar surface area (TPSA) is 109 Å². The molecule has 2 aliphatic heterocycles. The van der Waals surface area contributed by atoms with Crippen LogP contribution in [0, 0.1) is 0 Å². The maximum atomic E-state index is 13.4. The van der Waals surface area contributed by atoms with Crippen LogP contribution in [0.15, 0.2) is 42.5 Å². The predicted octanol–water partition coefficient (Wildman–Crippen LogP) is 3.74. The second-order valence-electron chi connectivity index (χ2n) is 8.65. The van der Waals surface area contributed by atoms with Crippen LogP contribution < -0.4 is 25.4 Å². The van der Waals surface area contributed by atoms with E-state index in [1.54, 1.807) is 47.4 Å². The van der Waals surface area contributed by atoms with Crippen molar-refractivity contribution in [3.8, 4) is 11.5 Å². The molecule has 0 unspecified atom stereocenters. The molecule has 3 N–H and O–H groups in total. The van der Waals surface area contributed by atoms with Crippen LogP contribution in [-0.2, 0) is 9.59 Å². The van der Waals surface area contributed by atoms with Crippen molar-refractivity contribution in [3.63, 3.8) is 0 Å². The molecule has 2 heterocycles. The lowest BCUT2D eigenvalue weighted by Crippen LogP contribution is -2.68. The van der Waals surface area contributed by atoms with E-state index >= 15 is 0 Å². The Morgan fingerprint density at radius 1 is 1.03 bits per heavy atom. The van der Waals surface area contributed by atoms with Crippen LogP contribution in [0.2, 0.25) is 5.02 Å². The molecule has 2 fully saturated rings. The first-order valence-electron chi connectivity index (χ1n) is 11.3. The Labute approximate surface area is 201 Å². The molecule has 1 aliphatic carbocycles. The molecule has 0 radical (unpaired) electrons. The lowest BCUT2D eigenvalue weighted by atomic mass is 9.85. The van der Waals surface area contributed by atoms with Gasteiger partial charge in [-0.25, -0.2) is 4.79 Å². The summed E-state index contributed by atoms with van der Waals surface area (Å²) in [6.45, 7) is 0.133. The Kier molecular flexibility index (Phi) is 6.19. The number of hydrogen-bond acceptors (Lipinski definition) is 5. The molecule has 1 saturated heterocycles. The van der Waals surface area contributed by atoms with Crippen LogP contribution >= 0.6 is 11.6 Å². The molecular formula is C24H25ClN4O5. The molecule has 3 aliphatic rings. The molecule has 2 aromatic carbocycles. The monoisotopic (exact) mass is 484 g/mol. The number of ether oxygens (including phenoxy) is 2. The van der Waals surface area contributed by atoms with Crippen LogP contribution in [0.4, 0.5) is 16.2 Å². The Balaban J connectivity index is 1.35. The smallest absolute Gasteiger partial charge is 0.322 e. The zero-order chi connectivity index (χ0) is 23.7. The molecule has 4 amide bonds. The van der Waals surface area contributed by atoms with E-state index in [4.69, 9.17) is 21.1 Å². The minimum Gasteiger partial charge on any atom is -0.454 e. The third-order valence-electron chi connectivity index (χ3n) is 6.40. The van der Waals surface area contributed by atoms with Gasteiger partial charge >= 0.3 is 6.03 Å². The highest BCUT2D eigenvalue weighted by atomic mass is 35.5. The van der Waals surface area contributed by atoms with Crippen molar-refractivity contribution in [1.82, 2.24) is 10.2 Å². The normalized spacial score (nSPS) is 23.0. The number of urea groups is 1. The molecule has 178 valence electrons. The van der Waals surface area contributed by atoms with E-state index in [1.807, 2.05) is 0 Å². The molecule has 3 atom stereocenters. The number of halogens is 1. The van der Waals surface area contributed by atoms with E-state index in [0.29, 0.717) is 27.9 Å².